The van der Waals surface area contributed by atoms with Crippen LogP contribution in [0.25, 0.3) is 0 Å². The van der Waals surface area contributed by atoms with E-state index >= 15 is 0 Å². The van der Waals surface area contributed by atoms with Crippen LogP contribution in [0.1, 0.15) is 41.0 Å². The molecule has 1 N–H and O–H groups in total. The smallest absolute Gasteiger partial charge is 0.263 e. The van der Waals surface area contributed by atoms with Crippen LogP contribution in [0.2, 0.25) is 0 Å². The van der Waals surface area contributed by atoms with Crippen molar-refractivity contribution in [3.05, 3.63) is 16.1 Å². The van der Waals surface area contributed by atoms with Crippen molar-refractivity contribution < 1.29 is 4.79 Å². The second kappa shape index (κ2) is 5.83. The summed E-state index contributed by atoms with van der Waals surface area (Å²) in [5.41, 5.74) is 2.51. The minimum absolute atomic E-state index is 0.0144. The number of thiazole rings is 1. The molecule has 2 rings (SSSR count). The first-order chi connectivity index (χ1) is 8.18. The minimum Gasteiger partial charge on any atom is -0.351 e. The van der Waals surface area contributed by atoms with Crippen molar-refractivity contribution in [1.29, 1.82) is 0 Å². The summed E-state index contributed by atoms with van der Waals surface area (Å²) >= 11 is 7.65. The summed E-state index contributed by atoms with van der Waals surface area (Å²) in [5.74, 6) is 0.405. The summed E-state index contributed by atoms with van der Waals surface area (Å²) in [6.45, 7) is 2.54. The number of nitrogens with zero attached hydrogens (tertiary/aromatic N) is 1. The zero-order valence-electron chi connectivity index (χ0n) is 9.91. The van der Waals surface area contributed by atoms with Gasteiger partial charge in [-0.25, -0.2) is 4.98 Å². The highest BCUT2D eigenvalue weighted by atomic mass is 35.5. The van der Waals surface area contributed by atoms with Crippen molar-refractivity contribution in [3.63, 3.8) is 0 Å². The molecule has 1 aromatic heterocycles. The molecule has 17 heavy (non-hydrogen) atoms. The van der Waals surface area contributed by atoms with Gasteiger partial charge in [0, 0.05) is 11.9 Å². The van der Waals surface area contributed by atoms with E-state index in [9.17, 15) is 4.79 Å². The number of carbonyl (C=O) groups excluding carboxylic acids is 1. The van der Waals surface area contributed by atoms with Crippen molar-refractivity contribution in [2.75, 3.05) is 6.54 Å². The Kier molecular flexibility index (Phi) is 4.40. The summed E-state index contributed by atoms with van der Waals surface area (Å²) in [6, 6.07) is 0. The molecule has 1 amide bonds. The van der Waals surface area contributed by atoms with Crippen LogP contribution in [0.5, 0.6) is 0 Å². The highest BCUT2D eigenvalue weighted by Crippen LogP contribution is 2.28. The van der Waals surface area contributed by atoms with Crippen LogP contribution >= 0.6 is 22.9 Å². The highest BCUT2D eigenvalue weighted by molar-refractivity contribution is 7.11. The third-order valence-corrected chi connectivity index (χ3v) is 4.79. The van der Waals surface area contributed by atoms with Gasteiger partial charge in [0.05, 0.1) is 11.2 Å². The van der Waals surface area contributed by atoms with Gasteiger partial charge in [-0.2, -0.15) is 0 Å². The van der Waals surface area contributed by atoms with Gasteiger partial charge in [-0.1, -0.05) is 12.8 Å². The first-order valence-corrected chi connectivity index (χ1v) is 7.32. The van der Waals surface area contributed by atoms with E-state index in [2.05, 4.69) is 10.3 Å². The van der Waals surface area contributed by atoms with Gasteiger partial charge in [-0.3, -0.25) is 4.79 Å². The average molecular weight is 273 g/mol. The lowest BCUT2D eigenvalue weighted by molar-refractivity contribution is 0.0947. The molecular formula is C12H17ClN2OS. The number of hydrogen-bond acceptors (Lipinski definition) is 3. The van der Waals surface area contributed by atoms with Crippen LogP contribution in [0.4, 0.5) is 0 Å². The SMILES string of the molecule is Cc1ncsc1C(=O)NCC1CCCCC1Cl. The number of aromatic nitrogens is 1. The van der Waals surface area contributed by atoms with E-state index in [0.717, 1.165) is 18.5 Å². The van der Waals surface area contributed by atoms with Crippen molar-refractivity contribution in [2.45, 2.75) is 38.0 Å². The van der Waals surface area contributed by atoms with E-state index in [4.69, 9.17) is 11.6 Å². The summed E-state index contributed by atoms with van der Waals surface area (Å²) < 4.78 is 0. The predicted molar refractivity (Wildman–Crippen MR) is 70.8 cm³/mol. The van der Waals surface area contributed by atoms with E-state index in [-0.39, 0.29) is 11.3 Å². The Balaban J connectivity index is 1.86. The Bertz CT molecular complexity index is 394. The van der Waals surface area contributed by atoms with Crippen LogP contribution in [0.15, 0.2) is 5.51 Å². The molecule has 1 heterocycles. The Hall–Kier alpha value is -0.610. The lowest BCUT2D eigenvalue weighted by atomic mass is 9.89. The maximum absolute atomic E-state index is 11.9. The monoisotopic (exact) mass is 272 g/mol. The molecule has 0 spiro atoms. The fourth-order valence-corrected chi connectivity index (χ4v) is 3.30. The fourth-order valence-electron chi connectivity index (χ4n) is 2.22. The average Bonchev–Trinajstić information content (AvgIpc) is 2.74. The normalized spacial score (nSPS) is 24.6. The van der Waals surface area contributed by atoms with Gasteiger partial charge < -0.3 is 5.32 Å². The zero-order chi connectivity index (χ0) is 12.3. The maximum Gasteiger partial charge on any atom is 0.263 e. The van der Waals surface area contributed by atoms with Crippen molar-refractivity contribution >= 4 is 28.8 Å². The van der Waals surface area contributed by atoms with Gasteiger partial charge in [-0.15, -0.1) is 22.9 Å². The number of alkyl halides is 1. The predicted octanol–water partition coefficient (Wildman–Crippen LogP) is 2.98. The van der Waals surface area contributed by atoms with E-state index in [1.165, 1.54) is 24.2 Å². The van der Waals surface area contributed by atoms with E-state index < -0.39 is 0 Å². The molecular weight excluding hydrogens is 256 g/mol. The second-order valence-corrected chi connectivity index (χ2v) is 5.95. The van der Waals surface area contributed by atoms with E-state index in [1.807, 2.05) is 6.92 Å². The van der Waals surface area contributed by atoms with Crippen molar-refractivity contribution in [1.82, 2.24) is 10.3 Å². The lowest BCUT2D eigenvalue weighted by Gasteiger charge is -2.26. The quantitative estimate of drug-likeness (QED) is 0.860. The Morgan fingerprint density at radius 1 is 1.59 bits per heavy atom. The number of carbonyl (C=O) groups is 1. The van der Waals surface area contributed by atoms with Gasteiger partial charge in [0.15, 0.2) is 0 Å². The van der Waals surface area contributed by atoms with E-state index in [1.54, 1.807) is 5.51 Å². The molecule has 0 bridgehead atoms. The zero-order valence-corrected chi connectivity index (χ0v) is 11.5. The molecule has 3 nitrogen and oxygen atoms in total. The molecule has 0 aliphatic heterocycles. The molecule has 0 saturated heterocycles. The van der Waals surface area contributed by atoms with E-state index in [0.29, 0.717) is 17.3 Å². The standard InChI is InChI=1S/C12H17ClN2OS/c1-8-11(17-7-15-8)12(16)14-6-9-4-2-3-5-10(9)13/h7,9-10H,2-6H2,1H3,(H,14,16). The van der Waals surface area contributed by atoms with Crippen LogP contribution < -0.4 is 5.32 Å². The van der Waals surface area contributed by atoms with Crippen LogP contribution in [-0.2, 0) is 0 Å². The Morgan fingerprint density at radius 3 is 3.00 bits per heavy atom. The van der Waals surface area contributed by atoms with Crippen LogP contribution in [0, 0.1) is 12.8 Å². The topological polar surface area (TPSA) is 42.0 Å². The summed E-state index contributed by atoms with van der Waals surface area (Å²) in [4.78, 5) is 16.7. The first kappa shape index (κ1) is 12.8. The second-order valence-electron chi connectivity index (χ2n) is 4.54. The van der Waals surface area contributed by atoms with Gasteiger partial charge in [-0.05, 0) is 25.7 Å². The van der Waals surface area contributed by atoms with Crippen molar-refractivity contribution in [2.24, 2.45) is 5.92 Å². The number of amides is 1. The summed E-state index contributed by atoms with van der Waals surface area (Å²) in [6.07, 6.45) is 4.63. The molecule has 1 saturated carbocycles. The van der Waals surface area contributed by atoms with Crippen LogP contribution in [0.3, 0.4) is 0 Å². The third-order valence-electron chi connectivity index (χ3n) is 3.29. The third kappa shape index (κ3) is 3.19. The fraction of sp³-hybridized carbons (Fsp3) is 0.667. The lowest BCUT2D eigenvalue weighted by Crippen LogP contribution is -2.34. The molecule has 2 unspecified atom stereocenters. The molecule has 1 fully saturated rings. The summed E-state index contributed by atoms with van der Waals surface area (Å²) in [5, 5.41) is 3.19. The first-order valence-electron chi connectivity index (χ1n) is 6.01. The molecule has 1 aromatic rings. The number of aryl methyl sites for hydroxylation is 1. The van der Waals surface area contributed by atoms with Crippen molar-refractivity contribution in [3.8, 4) is 0 Å². The highest BCUT2D eigenvalue weighted by Gasteiger charge is 2.24. The summed E-state index contributed by atoms with van der Waals surface area (Å²) in [7, 11) is 0. The van der Waals surface area contributed by atoms with Gasteiger partial charge in [0.1, 0.15) is 4.88 Å². The molecule has 2 atom stereocenters. The van der Waals surface area contributed by atoms with Gasteiger partial charge >= 0.3 is 0 Å². The molecule has 1 aliphatic carbocycles. The molecule has 0 aromatic carbocycles. The Morgan fingerprint density at radius 2 is 2.35 bits per heavy atom. The largest absolute Gasteiger partial charge is 0.351 e. The number of halogens is 1. The van der Waals surface area contributed by atoms with Gasteiger partial charge in [0.25, 0.3) is 5.91 Å². The number of nitrogens with one attached hydrogen (secondary N) is 1. The van der Waals surface area contributed by atoms with Gasteiger partial charge in [0.2, 0.25) is 0 Å². The molecule has 1 aliphatic rings. The molecule has 94 valence electrons. The molecule has 5 heteroatoms. The number of rotatable bonds is 3. The minimum atomic E-state index is -0.0144. The number of hydrogen-bond donors (Lipinski definition) is 1. The molecule has 0 radical (unpaired) electrons. The maximum atomic E-state index is 11.9. The van der Waals surface area contributed by atoms with Crippen LogP contribution in [-0.4, -0.2) is 22.8 Å². The Labute approximate surface area is 111 Å².